The van der Waals surface area contributed by atoms with Crippen molar-refractivity contribution in [3.05, 3.63) is 64.7 Å². The molecule has 0 bridgehead atoms. The number of amides is 1. The second-order valence-corrected chi connectivity index (χ2v) is 6.45. The topological polar surface area (TPSA) is 32.3 Å². The third kappa shape index (κ3) is 3.99. The number of carbonyl (C=O) groups is 1. The van der Waals surface area contributed by atoms with Gasteiger partial charge in [-0.15, -0.1) is 0 Å². The van der Waals surface area contributed by atoms with E-state index in [1.807, 2.05) is 38.1 Å². The van der Waals surface area contributed by atoms with Crippen LogP contribution in [0.4, 0.5) is 5.69 Å². The molecule has 23 heavy (non-hydrogen) atoms. The predicted molar refractivity (Wildman–Crippen MR) is 94.8 cm³/mol. The molecule has 0 radical (unpaired) electrons. The van der Waals surface area contributed by atoms with Crippen LogP contribution in [0.3, 0.4) is 0 Å². The molecule has 120 valence electrons. The van der Waals surface area contributed by atoms with Gasteiger partial charge < -0.3 is 5.32 Å². The molecule has 1 aliphatic rings. The second kappa shape index (κ2) is 6.97. The normalized spacial score (nSPS) is 14.9. The summed E-state index contributed by atoms with van der Waals surface area (Å²) in [6.07, 6.45) is 2.60. The van der Waals surface area contributed by atoms with Crippen LogP contribution >= 0.6 is 0 Å². The molecular weight excluding hydrogens is 284 g/mol. The molecule has 0 saturated carbocycles. The maximum atomic E-state index is 12.4. The molecule has 1 N–H and O–H groups in total. The van der Waals surface area contributed by atoms with Gasteiger partial charge in [0.25, 0.3) is 5.91 Å². The van der Waals surface area contributed by atoms with Crippen molar-refractivity contribution < 1.29 is 4.79 Å². The van der Waals surface area contributed by atoms with Crippen LogP contribution in [-0.2, 0) is 6.54 Å². The number of likely N-dealkylation sites (tertiary alicyclic amines) is 1. The average molecular weight is 308 g/mol. The standard InChI is InChI=1S/C20H24N2O/c1-15-5-6-16(2)19(13-15)21-20(23)18-9-7-17(8-10-18)14-22-11-3-4-12-22/h5-10,13H,3-4,11-12,14H2,1-2H3,(H,21,23). The van der Waals surface area contributed by atoms with Gasteiger partial charge in [0.1, 0.15) is 0 Å². The molecule has 0 aromatic heterocycles. The third-order valence-corrected chi connectivity index (χ3v) is 4.46. The molecule has 0 aliphatic carbocycles. The van der Waals surface area contributed by atoms with Crippen molar-refractivity contribution in [2.45, 2.75) is 33.2 Å². The summed E-state index contributed by atoms with van der Waals surface area (Å²) in [5.41, 5.74) is 5.09. The SMILES string of the molecule is Cc1ccc(C)c(NC(=O)c2ccc(CN3CCCC3)cc2)c1. The van der Waals surface area contributed by atoms with Crippen LogP contribution in [0, 0.1) is 13.8 Å². The van der Waals surface area contributed by atoms with Gasteiger partial charge in [-0.2, -0.15) is 0 Å². The highest BCUT2D eigenvalue weighted by Gasteiger charge is 2.12. The van der Waals surface area contributed by atoms with Gasteiger partial charge in [-0.05, 0) is 74.7 Å². The minimum Gasteiger partial charge on any atom is -0.322 e. The molecule has 2 aromatic rings. The van der Waals surface area contributed by atoms with Crippen LogP contribution in [0.15, 0.2) is 42.5 Å². The molecule has 0 atom stereocenters. The maximum absolute atomic E-state index is 12.4. The van der Waals surface area contributed by atoms with Crippen LogP contribution in [0.1, 0.15) is 39.9 Å². The zero-order valence-corrected chi connectivity index (χ0v) is 13.9. The quantitative estimate of drug-likeness (QED) is 0.920. The van der Waals surface area contributed by atoms with Gasteiger partial charge in [0, 0.05) is 17.8 Å². The summed E-state index contributed by atoms with van der Waals surface area (Å²) in [6.45, 7) is 7.40. The Bertz CT molecular complexity index is 685. The molecule has 3 heteroatoms. The molecule has 1 amide bonds. The Labute approximate surface area is 138 Å². The molecule has 3 nitrogen and oxygen atoms in total. The van der Waals surface area contributed by atoms with Gasteiger partial charge in [-0.1, -0.05) is 24.3 Å². The Morgan fingerprint density at radius 2 is 1.74 bits per heavy atom. The van der Waals surface area contributed by atoms with Crippen LogP contribution in [0.2, 0.25) is 0 Å². The predicted octanol–water partition coefficient (Wildman–Crippen LogP) is 4.15. The summed E-state index contributed by atoms with van der Waals surface area (Å²) >= 11 is 0. The summed E-state index contributed by atoms with van der Waals surface area (Å²) in [7, 11) is 0. The van der Waals surface area contributed by atoms with Crippen molar-refractivity contribution in [1.82, 2.24) is 4.90 Å². The van der Waals surface area contributed by atoms with Gasteiger partial charge in [-0.25, -0.2) is 0 Å². The minimum absolute atomic E-state index is 0.0496. The van der Waals surface area contributed by atoms with E-state index < -0.39 is 0 Å². The lowest BCUT2D eigenvalue weighted by Gasteiger charge is -2.14. The number of nitrogens with zero attached hydrogens (tertiary/aromatic N) is 1. The zero-order valence-electron chi connectivity index (χ0n) is 13.9. The highest BCUT2D eigenvalue weighted by atomic mass is 16.1. The van der Waals surface area contributed by atoms with Gasteiger partial charge in [0.05, 0.1) is 0 Å². The van der Waals surface area contributed by atoms with Crippen LogP contribution < -0.4 is 5.32 Å². The van der Waals surface area contributed by atoms with Crippen molar-refractivity contribution in [1.29, 1.82) is 0 Å². The lowest BCUT2D eigenvalue weighted by atomic mass is 10.1. The second-order valence-electron chi connectivity index (χ2n) is 6.45. The Balaban J connectivity index is 1.66. The number of hydrogen-bond acceptors (Lipinski definition) is 2. The fraction of sp³-hybridized carbons (Fsp3) is 0.350. The molecule has 1 saturated heterocycles. The number of anilines is 1. The van der Waals surface area contributed by atoms with Crippen molar-refractivity contribution >= 4 is 11.6 Å². The first-order valence-corrected chi connectivity index (χ1v) is 8.32. The Morgan fingerprint density at radius 3 is 2.43 bits per heavy atom. The van der Waals surface area contributed by atoms with Gasteiger partial charge in [0.2, 0.25) is 0 Å². The molecular formula is C20H24N2O. The summed E-state index contributed by atoms with van der Waals surface area (Å²) in [5.74, 6) is -0.0496. The van der Waals surface area contributed by atoms with E-state index in [2.05, 4.69) is 28.4 Å². The van der Waals surface area contributed by atoms with Gasteiger partial charge in [0.15, 0.2) is 0 Å². The van der Waals surface area contributed by atoms with E-state index in [0.717, 1.165) is 23.4 Å². The number of benzene rings is 2. The van der Waals surface area contributed by atoms with Crippen LogP contribution in [0.25, 0.3) is 0 Å². The first kappa shape index (κ1) is 15.8. The minimum atomic E-state index is -0.0496. The average Bonchev–Trinajstić information content (AvgIpc) is 3.04. The van der Waals surface area contributed by atoms with Crippen molar-refractivity contribution in [3.8, 4) is 0 Å². The molecule has 1 aliphatic heterocycles. The number of hydrogen-bond donors (Lipinski definition) is 1. The number of aryl methyl sites for hydroxylation is 2. The van der Waals surface area contributed by atoms with E-state index >= 15 is 0 Å². The molecule has 3 rings (SSSR count). The fourth-order valence-corrected chi connectivity index (χ4v) is 3.03. The fourth-order valence-electron chi connectivity index (χ4n) is 3.03. The lowest BCUT2D eigenvalue weighted by molar-refractivity contribution is 0.102. The largest absolute Gasteiger partial charge is 0.322 e. The summed E-state index contributed by atoms with van der Waals surface area (Å²) in [4.78, 5) is 14.9. The van der Waals surface area contributed by atoms with E-state index in [9.17, 15) is 4.79 Å². The first-order valence-electron chi connectivity index (χ1n) is 8.32. The monoisotopic (exact) mass is 308 g/mol. The van der Waals surface area contributed by atoms with E-state index in [1.165, 1.54) is 31.5 Å². The van der Waals surface area contributed by atoms with E-state index in [1.54, 1.807) is 0 Å². The summed E-state index contributed by atoms with van der Waals surface area (Å²) < 4.78 is 0. The van der Waals surface area contributed by atoms with E-state index in [0.29, 0.717) is 5.56 Å². The molecule has 1 heterocycles. The lowest BCUT2D eigenvalue weighted by Crippen LogP contribution is -2.18. The highest BCUT2D eigenvalue weighted by molar-refractivity contribution is 6.04. The Kier molecular flexibility index (Phi) is 4.77. The molecule has 0 spiro atoms. The van der Waals surface area contributed by atoms with Crippen molar-refractivity contribution in [2.75, 3.05) is 18.4 Å². The summed E-state index contributed by atoms with van der Waals surface area (Å²) in [6, 6.07) is 14.1. The number of carbonyl (C=O) groups excluding carboxylic acids is 1. The third-order valence-electron chi connectivity index (χ3n) is 4.46. The number of nitrogens with one attached hydrogen (secondary N) is 1. The van der Waals surface area contributed by atoms with Crippen LogP contribution in [-0.4, -0.2) is 23.9 Å². The summed E-state index contributed by atoms with van der Waals surface area (Å²) in [5, 5.41) is 3.01. The van der Waals surface area contributed by atoms with Gasteiger partial charge in [-0.3, -0.25) is 9.69 Å². The molecule has 2 aromatic carbocycles. The Hall–Kier alpha value is -2.13. The number of rotatable bonds is 4. The smallest absolute Gasteiger partial charge is 0.255 e. The zero-order chi connectivity index (χ0) is 16.2. The van der Waals surface area contributed by atoms with Crippen molar-refractivity contribution in [3.63, 3.8) is 0 Å². The van der Waals surface area contributed by atoms with E-state index in [-0.39, 0.29) is 5.91 Å². The maximum Gasteiger partial charge on any atom is 0.255 e. The highest BCUT2D eigenvalue weighted by Crippen LogP contribution is 2.18. The Morgan fingerprint density at radius 1 is 1.04 bits per heavy atom. The van der Waals surface area contributed by atoms with Crippen molar-refractivity contribution in [2.24, 2.45) is 0 Å². The molecule has 0 unspecified atom stereocenters. The van der Waals surface area contributed by atoms with Crippen LogP contribution in [0.5, 0.6) is 0 Å². The molecule has 1 fully saturated rings. The first-order chi connectivity index (χ1) is 11.1. The van der Waals surface area contributed by atoms with E-state index in [4.69, 9.17) is 0 Å². The van der Waals surface area contributed by atoms with Gasteiger partial charge >= 0.3 is 0 Å².